The molecule has 0 saturated heterocycles. The minimum absolute atomic E-state index is 0.0655. The van der Waals surface area contributed by atoms with Crippen molar-refractivity contribution in [3.05, 3.63) is 56.1 Å². The van der Waals surface area contributed by atoms with Crippen LogP contribution in [0.15, 0.2) is 33.9 Å². The van der Waals surface area contributed by atoms with Crippen LogP contribution in [-0.4, -0.2) is 22.8 Å². The van der Waals surface area contributed by atoms with Gasteiger partial charge in [0.1, 0.15) is 11.0 Å². The van der Waals surface area contributed by atoms with E-state index < -0.39 is 17.1 Å². The van der Waals surface area contributed by atoms with E-state index in [1.165, 1.54) is 24.3 Å². The van der Waals surface area contributed by atoms with E-state index in [2.05, 4.69) is 4.98 Å². The fourth-order valence-corrected chi connectivity index (χ4v) is 2.19. The van der Waals surface area contributed by atoms with Gasteiger partial charge in [0.05, 0.1) is 18.7 Å². The predicted molar refractivity (Wildman–Crippen MR) is 78.2 cm³/mol. The largest absolute Gasteiger partial charge is 0.380 e. The first kappa shape index (κ1) is 15.5. The Kier molecular flexibility index (Phi) is 4.93. The summed E-state index contributed by atoms with van der Waals surface area (Å²) in [4.78, 5) is 26.6. The molecule has 0 atom stereocenters. The normalized spacial score (nSPS) is 10.8. The van der Waals surface area contributed by atoms with Crippen molar-refractivity contribution in [1.82, 2.24) is 9.55 Å². The molecular formula is C14H14ClFN2O3. The molecule has 1 aromatic carbocycles. The standard InChI is InChI=1S/C14H14ClFN2O3/c1-2-21-8-7-18-13(19)11(12(15)17-14(18)20)9-3-5-10(16)6-4-9/h3-6H,2,7-8H2,1H3,(H,17,20). The maximum absolute atomic E-state index is 13.0. The van der Waals surface area contributed by atoms with E-state index >= 15 is 0 Å². The van der Waals surface area contributed by atoms with Gasteiger partial charge in [-0.3, -0.25) is 14.3 Å². The fraction of sp³-hybridized carbons (Fsp3) is 0.286. The molecule has 21 heavy (non-hydrogen) atoms. The summed E-state index contributed by atoms with van der Waals surface area (Å²) in [5.41, 5.74) is -0.564. The van der Waals surface area contributed by atoms with Crippen LogP contribution in [-0.2, 0) is 11.3 Å². The molecule has 7 heteroatoms. The zero-order chi connectivity index (χ0) is 15.4. The number of hydrogen-bond acceptors (Lipinski definition) is 3. The van der Waals surface area contributed by atoms with Crippen LogP contribution >= 0.6 is 11.6 Å². The minimum atomic E-state index is -0.601. The van der Waals surface area contributed by atoms with Gasteiger partial charge >= 0.3 is 5.69 Å². The lowest BCUT2D eigenvalue weighted by molar-refractivity contribution is 0.137. The molecule has 0 amide bonds. The second-order valence-corrected chi connectivity index (χ2v) is 4.66. The predicted octanol–water partition coefficient (Wildman–Crippen LogP) is 2.03. The Balaban J connectivity index is 2.51. The maximum Gasteiger partial charge on any atom is 0.329 e. The topological polar surface area (TPSA) is 64.1 Å². The average Bonchev–Trinajstić information content (AvgIpc) is 2.44. The first-order chi connectivity index (χ1) is 10.0. The molecule has 1 aromatic heterocycles. The summed E-state index contributed by atoms with van der Waals surface area (Å²) in [7, 11) is 0. The van der Waals surface area contributed by atoms with Crippen LogP contribution in [0.25, 0.3) is 11.1 Å². The van der Waals surface area contributed by atoms with Gasteiger partial charge in [-0.15, -0.1) is 0 Å². The number of nitrogens with zero attached hydrogens (tertiary/aromatic N) is 1. The smallest absolute Gasteiger partial charge is 0.329 e. The van der Waals surface area contributed by atoms with Gasteiger partial charge in [0.25, 0.3) is 5.56 Å². The van der Waals surface area contributed by atoms with Crippen molar-refractivity contribution in [1.29, 1.82) is 0 Å². The van der Waals surface area contributed by atoms with Gasteiger partial charge in [-0.05, 0) is 24.6 Å². The number of ether oxygens (including phenoxy) is 1. The fourth-order valence-electron chi connectivity index (χ4n) is 1.91. The Hall–Kier alpha value is -1.92. The summed E-state index contributed by atoms with van der Waals surface area (Å²) in [6.45, 7) is 2.67. The molecule has 0 aliphatic carbocycles. The van der Waals surface area contributed by atoms with Crippen molar-refractivity contribution >= 4 is 11.6 Å². The van der Waals surface area contributed by atoms with Gasteiger partial charge in [0.15, 0.2) is 0 Å². The average molecular weight is 313 g/mol. The van der Waals surface area contributed by atoms with Crippen molar-refractivity contribution in [2.75, 3.05) is 13.2 Å². The molecule has 0 unspecified atom stereocenters. The molecule has 1 heterocycles. The summed E-state index contributed by atoms with van der Waals surface area (Å²) in [6, 6.07) is 5.31. The minimum Gasteiger partial charge on any atom is -0.380 e. The van der Waals surface area contributed by atoms with Gasteiger partial charge in [-0.1, -0.05) is 23.7 Å². The SMILES string of the molecule is CCOCCn1c(=O)[nH]c(Cl)c(-c2ccc(F)cc2)c1=O. The number of nitrogens with one attached hydrogen (secondary N) is 1. The Morgan fingerprint density at radius 1 is 1.29 bits per heavy atom. The monoisotopic (exact) mass is 312 g/mol. The first-order valence-electron chi connectivity index (χ1n) is 6.41. The van der Waals surface area contributed by atoms with E-state index in [4.69, 9.17) is 16.3 Å². The van der Waals surface area contributed by atoms with Crippen molar-refractivity contribution in [3.63, 3.8) is 0 Å². The van der Waals surface area contributed by atoms with Crippen molar-refractivity contribution < 1.29 is 9.13 Å². The van der Waals surface area contributed by atoms with Gasteiger partial charge in [0.2, 0.25) is 0 Å². The quantitative estimate of drug-likeness (QED) is 0.678. The van der Waals surface area contributed by atoms with Crippen LogP contribution in [0.3, 0.4) is 0 Å². The number of aromatic nitrogens is 2. The molecule has 0 spiro atoms. The van der Waals surface area contributed by atoms with Crippen LogP contribution in [0.2, 0.25) is 5.15 Å². The second kappa shape index (κ2) is 6.69. The number of rotatable bonds is 5. The maximum atomic E-state index is 13.0. The Labute approximate surface area is 125 Å². The van der Waals surface area contributed by atoms with Crippen molar-refractivity contribution in [2.45, 2.75) is 13.5 Å². The van der Waals surface area contributed by atoms with Gasteiger partial charge < -0.3 is 4.74 Å². The molecule has 5 nitrogen and oxygen atoms in total. The molecular weight excluding hydrogens is 299 g/mol. The summed E-state index contributed by atoms with van der Waals surface area (Å²) >= 11 is 5.95. The van der Waals surface area contributed by atoms with E-state index in [0.29, 0.717) is 12.2 Å². The van der Waals surface area contributed by atoms with E-state index in [-0.39, 0.29) is 23.9 Å². The Morgan fingerprint density at radius 3 is 2.57 bits per heavy atom. The summed E-state index contributed by atoms with van der Waals surface area (Å²) < 4.78 is 19.1. The van der Waals surface area contributed by atoms with E-state index in [0.717, 1.165) is 4.57 Å². The van der Waals surface area contributed by atoms with Crippen molar-refractivity contribution in [3.8, 4) is 11.1 Å². The zero-order valence-corrected chi connectivity index (χ0v) is 12.1. The van der Waals surface area contributed by atoms with E-state index in [1.54, 1.807) is 0 Å². The number of hydrogen-bond donors (Lipinski definition) is 1. The van der Waals surface area contributed by atoms with Crippen LogP contribution in [0, 0.1) is 5.82 Å². The summed E-state index contributed by atoms with van der Waals surface area (Å²) in [6.07, 6.45) is 0. The lowest BCUT2D eigenvalue weighted by Crippen LogP contribution is -2.37. The second-order valence-electron chi connectivity index (χ2n) is 4.28. The van der Waals surface area contributed by atoms with Crippen LogP contribution < -0.4 is 11.2 Å². The van der Waals surface area contributed by atoms with Gasteiger partial charge in [-0.2, -0.15) is 0 Å². The van der Waals surface area contributed by atoms with E-state index in [1.807, 2.05) is 6.92 Å². The number of H-pyrrole nitrogens is 1. The number of aromatic amines is 1. The Morgan fingerprint density at radius 2 is 1.95 bits per heavy atom. The van der Waals surface area contributed by atoms with E-state index in [9.17, 15) is 14.0 Å². The summed E-state index contributed by atoms with van der Waals surface area (Å²) in [5, 5.41) is -0.0655. The molecule has 0 aliphatic heterocycles. The lowest BCUT2D eigenvalue weighted by Gasteiger charge is -2.09. The van der Waals surface area contributed by atoms with Crippen LogP contribution in [0.5, 0.6) is 0 Å². The molecule has 0 aliphatic rings. The Bertz CT molecular complexity index is 737. The van der Waals surface area contributed by atoms with Gasteiger partial charge in [0, 0.05) is 6.61 Å². The lowest BCUT2D eigenvalue weighted by atomic mass is 10.1. The third-order valence-corrected chi connectivity index (χ3v) is 3.22. The molecule has 0 bridgehead atoms. The zero-order valence-electron chi connectivity index (χ0n) is 11.4. The molecule has 112 valence electrons. The van der Waals surface area contributed by atoms with Crippen LogP contribution in [0.1, 0.15) is 6.92 Å². The number of halogens is 2. The first-order valence-corrected chi connectivity index (χ1v) is 6.78. The molecule has 0 fully saturated rings. The third-order valence-electron chi connectivity index (χ3n) is 2.94. The highest BCUT2D eigenvalue weighted by atomic mass is 35.5. The number of benzene rings is 1. The highest BCUT2D eigenvalue weighted by molar-refractivity contribution is 6.32. The molecule has 0 saturated carbocycles. The van der Waals surface area contributed by atoms with Gasteiger partial charge in [-0.25, -0.2) is 9.18 Å². The third kappa shape index (κ3) is 3.40. The van der Waals surface area contributed by atoms with Crippen LogP contribution in [0.4, 0.5) is 4.39 Å². The highest BCUT2D eigenvalue weighted by Gasteiger charge is 2.14. The van der Waals surface area contributed by atoms with Crippen molar-refractivity contribution in [2.24, 2.45) is 0 Å². The molecule has 2 rings (SSSR count). The molecule has 1 N–H and O–H groups in total. The highest BCUT2D eigenvalue weighted by Crippen LogP contribution is 2.21. The molecule has 0 radical (unpaired) electrons. The summed E-state index contributed by atoms with van der Waals surface area (Å²) in [5.74, 6) is -0.420. The molecule has 2 aromatic rings.